The normalized spacial score (nSPS) is 11.8. The molecule has 0 amide bonds. The van der Waals surface area contributed by atoms with Gasteiger partial charge in [0, 0.05) is 63.3 Å². The second-order valence-electron chi connectivity index (χ2n) is 10.2. The molecular weight excluding hydrogens is 458 g/mol. The number of H-pyrrole nitrogens is 2. The first kappa shape index (κ1) is 22.7. The van der Waals surface area contributed by atoms with Crippen molar-refractivity contribution >= 4 is 27.5 Å². The average molecular weight is 486 g/mol. The molecule has 0 radical (unpaired) electrons. The van der Waals surface area contributed by atoms with E-state index in [2.05, 4.69) is 93.1 Å². The van der Waals surface area contributed by atoms with Crippen molar-refractivity contribution in [1.29, 1.82) is 0 Å². The third-order valence-corrected chi connectivity index (χ3v) is 6.59. The third-order valence-electron chi connectivity index (χ3n) is 6.59. The second-order valence-corrected chi connectivity index (χ2v) is 10.2. The molecule has 5 aromatic heterocycles. The Kier molecular flexibility index (Phi) is 5.34. The molecule has 37 heavy (non-hydrogen) atoms. The highest BCUT2D eigenvalue weighted by atomic mass is 15.1. The van der Waals surface area contributed by atoms with Crippen LogP contribution in [0.3, 0.4) is 0 Å². The van der Waals surface area contributed by atoms with Gasteiger partial charge in [0.25, 0.3) is 0 Å². The summed E-state index contributed by atoms with van der Waals surface area (Å²) in [6.45, 7) is 10.6. The first-order chi connectivity index (χ1) is 17.9. The Hall–Kier alpha value is -4.78. The van der Waals surface area contributed by atoms with Gasteiger partial charge in [0.05, 0.1) is 28.8 Å². The summed E-state index contributed by atoms with van der Waals surface area (Å²) in [5.41, 5.74) is 9.57. The Balaban J connectivity index is 1.40. The van der Waals surface area contributed by atoms with Crippen molar-refractivity contribution < 1.29 is 0 Å². The molecule has 0 fully saturated rings. The Morgan fingerprint density at radius 1 is 0.784 bits per heavy atom. The molecule has 0 aliphatic rings. The Bertz CT molecular complexity index is 1750. The minimum Gasteiger partial charge on any atom is -0.358 e. The minimum atomic E-state index is -0.0486. The average Bonchev–Trinajstić information content (AvgIpc) is 3.52. The van der Waals surface area contributed by atoms with Gasteiger partial charge >= 0.3 is 0 Å². The van der Waals surface area contributed by atoms with E-state index in [-0.39, 0.29) is 5.41 Å². The van der Waals surface area contributed by atoms with Crippen LogP contribution in [0.25, 0.3) is 55.6 Å². The van der Waals surface area contributed by atoms with Crippen LogP contribution in [0.1, 0.15) is 20.8 Å². The predicted molar refractivity (Wildman–Crippen MR) is 150 cm³/mol. The predicted octanol–water partition coefficient (Wildman–Crippen LogP) is 7.20. The number of hydrogen-bond acceptors (Lipinski definition) is 5. The molecule has 6 aromatic rings. The lowest BCUT2D eigenvalue weighted by molar-refractivity contribution is 0.509. The van der Waals surface area contributed by atoms with E-state index in [1.807, 2.05) is 36.8 Å². The van der Waals surface area contributed by atoms with Gasteiger partial charge in [-0.2, -0.15) is 5.10 Å². The lowest BCUT2D eigenvalue weighted by Crippen LogP contribution is -2.15. The summed E-state index contributed by atoms with van der Waals surface area (Å²) in [6, 6.07) is 16.4. The molecular formula is C30H27N7. The molecule has 5 heterocycles. The zero-order valence-corrected chi connectivity index (χ0v) is 21.0. The van der Waals surface area contributed by atoms with Crippen LogP contribution in [-0.2, 0) is 0 Å². The highest BCUT2D eigenvalue weighted by Crippen LogP contribution is 2.35. The van der Waals surface area contributed by atoms with Crippen molar-refractivity contribution in [2.75, 3.05) is 5.32 Å². The summed E-state index contributed by atoms with van der Waals surface area (Å²) in [6.07, 6.45) is 9.08. The van der Waals surface area contributed by atoms with E-state index in [0.29, 0.717) is 0 Å². The fraction of sp³-hybridized carbons (Fsp3) is 0.133. The third kappa shape index (κ3) is 4.25. The van der Waals surface area contributed by atoms with Gasteiger partial charge in [-0.05, 0) is 48.0 Å². The van der Waals surface area contributed by atoms with Crippen LogP contribution >= 0.6 is 0 Å². The Morgan fingerprint density at radius 3 is 2.41 bits per heavy atom. The zero-order chi connectivity index (χ0) is 25.6. The van der Waals surface area contributed by atoms with Crippen molar-refractivity contribution in [3.05, 3.63) is 91.8 Å². The van der Waals surface area contributed by atoms with Crippen molar-refractivity contribution in [1.82, 2.24) is 30.1 Å². The minimum absolute atomic E-state index is 0.0486. The topological polar surface area (TPSA) is 95.2 Å². The van der Waals surface area contributed by atoms with Crippen LogP contribution in [0.15, 0.2) is 91.8 Å². The molecule has 6 rings (SSSR count). The number of aromatic amines is 2. The quantitative estimate of drug-likeness (QED) is 0.240. The number of hydrogen-bond donors (Lipinski definition) is 3. The summed E-state index contributed by atoms with van der Waals surface area (Å²) in [5.74, 6) is 0. The molecule has 0 aliphatic heterocycles. The SMILES string of the molecule is C=C(Nc1cncc(-c2ccc3[nH]nc(-c4cc5c(-c6ccncc6)nccc5[nH]4)c3c2)c1)C(C)(C)C. The number of anilines is 1. The Morgan fingerprint density at radius 2 is 1.59 bits per heavy atom. The number of fused-ring (bicyclic) bond motifs is 2. The number of pyridine rings is 3. The maximum atomic E-state index is 4.66. The van der Waals surface area contributed by atoms with Crippen molar-refractivity contribution in [3.63, 3.8) is 0 Å². The van der Waals surface area contributed by atoms with Gasteiger partial charge in [0.2, 0.25) is 0 Å². The van der Waals surface area contributed by atoms with Crippen molar-refractivity contribution in [2.45, 2.75) is 20.8 Å². The van der Waals surface area contributed by atoms with E-state index in [1.54, 1.807) is 12.4 Å². The fourth-order valence-corrected chi connectivity index (χ4v) is 4.35. The zero-order valence-electron chi connectivity index (χ0n) is 21.0. The van der Waals surface area contributed by atoms with Gasteiger partial charge in [-0.3, -0.25) is 20.1 Å². The van der Waals surface area contributed by atoms with Crippen LogP contribution in [0, 0.1) is 5.41 Å². The van der Waals surface area contributed by atoms with E-state index in [0.717, 1.165) is 67.0 Å². The van der Waals surface area contributed by atoms with E-state index in [9.17, 15) is 0 Å². The summed E-state index contributed by atoms with van der Waals surface area (Å²) in [4.78, 5) is 16.8. The van der Waals surface area contributed by atoms with Gasteiger partial charge in [-0.1, -0.05) is 33.4 Å². The maximum Gasteiger partial charge on any atom is 0.116 e. The molecule has 0 saturated heterocycles. The molecule has 0 saturated carbocycles. The monoisotopic (exact) mass is 485 g/mol. The summed E-state index contributed by atoms with van der Waals surface area (Å²) >= 11 is 0. The number of allylic oxidation sites excluding steroid dienone is 1. The number of nitrogens with one attached hydrogen (secondary N) is 3. The second kappa shape index (κ2) is 8.71. The smallest absolute Gasteiger partial charge is 0.116 e. The van der Waals surface area contributed by atoms with Gasteiger partial charge in [-0.25, -0.2) is 0 Å². The van der Waals surface area contributed by atoms with E-state index in [4.69, 9.17) is 0 Å². The lowest BCUT2D eigenvalue weighted by atomic mass is 9.93. The van der Waals surface area contributed by atoms with Crippen LogP contribution in [0.4, 0.5) is 5.69 Å². The highest BCUT2D eigenvalue weighted by molar-refractivity contribution is 6.00. The van der Waals surface area contributed by atoms with E-state index in [1.165, 1.54) is 0 Å². The molecule has 1 aromatic carbocycles. The lowest BCUT2D eigenvalue weighted by Gasteiger charge is -2.23. The van der Waals surface area contributed by atoms with Gasteiger partial charge in [0.15, 0.2) is 0 Å². The van der Waals surface area contributed by atoms with Crippen LogP contribution in [-0.4, -0.2) is 30.1 Å². The molecule has 182 valence electrons. The summed E-state index contributed by atoms with van der Waals surface area (Å²) in [7, 11) is 0. The molecule has 0 spiro atoms. The maximum absolute atomic E-state index is 4.66. The first-order valence-corrected chi connectivity index (χ1v) is 12.2. The summed E-state index contributed by atoms with van der Waals surface area (Å²) < 4.78 is 0. The first-order valence-electron chi connectivity index (χ1n) is 12.2. The van der Waals surface area contributed by atoms with E-state index >= 15 is 0 Å². The van der Waals surface area contributed by atoms with Crippen LogP contribution in [0.2, 0.25) is 0 Å². The fourth-order valence-electron chi connectivity index (χ4n) is 4.35. The van der Waals surface area contributed by atoms with E-state index < -0.39 is 0 Å². The van der Waals surface area contributed by atoms with Crippen LogP contribution < -0.4 is 5.32 Å². The molecule has 0 unspecified atom stereocenters. The van der Waals surface area contributed by atoms with Gasteiger partial charge in [0.1, 0.15) is 5.69 Å². The summed E-state index contributed by atoms with van der Waals surface area (Å²) in [5, 5.41) is 13.3. The van der Waals surface area contributed by atoms with Gasteiger partial charge < -0.3 is 10.3 Å². The number of benzene rings is 1. The number of rotatable bonds is 5. The molecule has 7 nitrogen and oxygen atoms in total. The number of nitrogens with zero attached hydrogens (tertiary/aromatic N) is 4. The van der Waals surface area contributed by atoms with Crippen molar-refractivity contribution in [3.8, 4) is 33.8 Å². The molecule has 0 atom stereocenters. The molecule has 0 bridgehead atoms. The molecule has 0 aliphatic carbocycles. The molecule has 3 N–H and O–H groups in total. The molecule has 7 heteroatoms. The van der Waals surface area contributed by atoms with Crippen molar-refractivity contribution in [2.24, 2.45) is 5.41 Å². The highest BCUT2D eigenvalue weighted by Gasteiger charge is 2.17. The van der Waals surface area contributed by atoms with Gasteiger partial charge in [-0.15, -0.1) is 0 Å². The number of aromatic nitrogens is 6. The Labute approximate surface area is 214 Å². The largest absolute Gasteiger partial charge is 0.358 e. The van der Waals surface area contributed by atoms with Crippen LogP contribution in [0.5, 0.6) is 0 Å². The standard InChI is InChI=1S/C30H27N7/c1-18(30(2,3)4)34-22-13-21(16-32-17-22)20-5-6-26-23(14-20)29(37-36-26)27-15-24-25(35-27)9-12-33-28(24)19-7-10-31-11-8-19/h5-17,34-35H,1H2,2-4H3,(H,36,37).